The second kappa shape index (κ2) is 9.70. The first-order valence-electron chi connectivity index (χ1n) is 9.72. The van der Waals surface area contributed by atoms with Crippen LogP contribution in [0.15, 0.2) is 78.5 Å². The molecule has 0 saturated carbocycles. The Morgan fingerprint density at radius 3 is 2.21 bits per heavy atom. The normalized spacial score (nSPS) is 15.6. The molecule has 4 heteroatoms. The summed E-state index contributed by atoms with van der Waals surface area (Å²) in [5, 5.41) is 2.81. The molecule has 1 aliphatic rings. The highest BCUT2D eigenvalue weighted by atomic mass is 16.2. The van der Waals surface area contributed by atoms with Crippen molar-refractivity contribution in [1.82, 2.24) is 10.2 Å². The van der Waals surface area contributed by atoms with Gasteiger partial charge in [-0.15, -0.1) is 0 Å². The zero-order chi connectivity index (χ0) is 19.8. The van der Waals surface area contributed by atoms with Crippen LogP contribution >= 0.6 is 0 Å². The van der Waals surface area contributed by atoms with E-state index in [4.69, 9.17) is 0 Å². The van der Waals surface area contributed by atoms with Gasteiger partial charge in [-0.2, -0.15) is 0 Å². The SMILES string of the molecule is CC1CCN(C(=O)/C(=C\C=C\c2ccccc2)NC(=O)c2ccccc2)CC1. The lowest BCUT2D eigenvalue weighted by atomic mass is 9.99. The predicted octanol–water partition coefficient (Wildman–Crippen LogP) is 4.27. The molecule has 1 fully saturated rings. The van der Waals surface area contributed by atoms with Crippen molar-refractivity contribution in [2.45, 2.75) is 19.8 Å². The average molecular weight is 374 g/mol. The highest BCUT2D eigenvalue weighted by Gasteiger charge is 2.24. The molecule has 4 nitrogen and oxygen atoms in total. The van der Waals surface area contributed by atoms with Crippen molar-refractivity contribution < 1.29 is 9.59 Å². The molecule has 2 aromatic carbocycles. The van der Waals surface area contributed by atoms with Gasteiger partial charge in [0, 0.05) is 18.7 Å². The quantitative estimate of drug-likeness (QED) is 0.628. The summed E-state index contributed by atoms with van der Waals surface area (Å²) in [5.74, 6) is 0.223. The molecule has 0 spiro atoms. The number of likely N-dealkylation sites (tertiary alicyclic amines) is 1. The number of carbonyl (C=O) groups is 2. The topological polar surface area (TPSA) is 49.4 Å². The Morgan fingerprint density at radius 1 is 0.964 bits per heavy atom. The summed E-state index contributed by atoms with van der Waals surface area (Å²) < 4.78 is 0. The van der Waals surface area contributed by atoms with Gasteiger partial charge in [0.15, 0.2) is 0 Å². The minimum atomic E-state index is -0.279. The van der Waals surface area contributed by atoms with Gasteiger partial charge in [-0.25, -0.2) is 0 Å². The van der Waals surface area contributed by atoms with Crippen LogP contribution in [0.3, 0.4) is 0 Å². The van der Waals surface area contributed by atoms with Gasteiger partial charge in [0.1, 0.15) is 5.70 Å². The number of hydrogen-bond donors (Lipinski definition) is 1. The van der Waals surface area contributed by atoms with Gasteiger partial charge in [-0.05, 0) is 42.5 Å². The third-order valence-electron chi connectivity index (χ3n) is 4.94. The lowest BCUT2D eigenvalue weighted by molar-refractivity contribution is -0.128. The van der Waals surface area contributed by atoms with Crippen molar-refractivity contribution in [2.24, 2.45) is 5.92 Å². The number of hydrogen-bond acceptors (Lipinski definition) is 2. The molecule has 1 aliphatic heterocycles. The number of allylic oxidation sites excluding steroid dienone is 2. The Morgan fingerprint density at radius 2 is 1.57 bits per heavy atom. The maximum atomic E-state index is 13.0. The standard InChI is InChI=1S/C24H26N2O2/c1-19-15-17-26(18-16-19)24(28)22(14-8-11-20-9-4-2-5-10-20)25-23(27)21-12-6-3-7-13-21/h2-14,19H,15-18H2,1H3,(H,25,27)/b11-8+,22-14+. The molecule has 2 aromatic rings. The second-order valence-electron chi connectivity index (χ2n) is 7.15. The van der Waals surface area contributed by atoms with E-state index in [1.807, 2.05) is 47.4 Å². The summed E-state index contributed by atoms with van der Waals surface area (Å²) in [5.41, 5.74) is 1.86. The largest absolute Gasteiger partial charge is 0.337 e. The predicted molar refractivity (Wildman–Crippen MR) is 112 cm³/mol. The van der Waals surface area contributed by atoms with Crippen LogP contribution < -0.4 is 5.32 Å². The van der Waals surface area contributed by atoms with E-state index in [1.165, 1.54) is 0 Å². The van der Waals surface area contributed by atoms with Crippen LogP contribution in [0.2, 0.25) is 0 Å². The third-order valence-corrected chi connectivity index (χ3v) is 4.94. The van der Waals surface area contributed by atoms with Crippen LogP contribution in [0.4, 0.5) is 0 Å². The Labute approximate surface area is 166 Å². The average Bonchev–Trinajstić information content (AvgIpc) is 2.74. The molecular weight excluding hydrogens is 348 g/mol. The van der Waals surface area contributed by atoms with Crippen molar-refractivity contribution in [3.63, 3.8) is 0 Å². The number of benzene rings is 2. The van der Waals surface area contributed by atoms with Crippen molar-refractivity contribution in [3.05, 3.63) is 89.6 Å². The van der Waals surface area contributed by atoms with Gasteiger partial charge in [0.05, 0.1) is 0 Å². The molecule has 144 valence electrons. The molecule has 3 rings (SSSR count). The molecule has 1 saturated heterocycles. The van der Waals surface area contributed by atoms with E-state index in [0.29, 0.717) is 17.2 Å². The molecule has 0 aliphatic carbocycles. The van der Waals surface area contributed by atoms with E-state index in [2.05, 4.69) is 12.2 Å². The number of nitrogens with zero attached hydrogens (tertiary/aromatic N) is 1. The maximum Gasteiger partial charge on any atom is 0.270 e. The molecule has 0 unspecified atom stereocenters. The van der Waals surface area contributed by atoms with Crippen molar-refractivity contribution >= 4 is 17.9 Å². The van der Waals surface area contributed by atoms with Gasteiger partial charge < -0.3 is 10.2 Å². The minimum absolute atomic E-state index is 0.131. The lowest BCUT2D eigenvalue weighted by Crippen LogP contribution is -2.42. The summed E-state index contributed by atoms with van der Waals surface area (Å²) in [6, 6.07) is 18.8. The second-order valence-corrected chi connectivity index (χ2v) is 7.15. The summed E-state index contributed by atoms with van der Waals surface area (Å²) in [6.45, 7) is 3.65. The Bertz CT molecular complexity index is 849. The fourth-order valence-electron chi connectivity index (χ4n) is 3.15. The highest BCUT2D eigenvalue weighted by Crippen LogP contribution is 2.17. The van der Waals surface area contributed by atoms with Crippen LogP contribution in [-0.4, -0.2) is 29.8 Å². The first-order chi connectivity index (χ1) is 13.6. The number of carbonyl (C=O) groups excluding carboxylic acids is 2. The smallest absolute Gasteiger partial charge is 0.270 e. The number of amides is 2. The summed E-state index contributed by atoms with van der Waals surface area (Å²) >= 11 is 0. The lowest BCUT2D eigenvalue weighted by Gasteiger charge is -2.31. The van der Waals surface area contributed by atoms with Gasteiger partial charge in [0.25, 0.3) is 11.8 Å². The number of piperidine rings is 1. The molecule has 0 aromatic heterocycles. The number of nitrogens with one attached hydrogen (secondary N) is 1. The summed E-state index contributed by atoms with van der Waals surface area (Å²) in [4.78, 5) is 27.4. The van der Waals surface area contributed by atoms with Gasteiger partial charge in [-0.3, -0.25) is 9.59 Å². The molecule has 1 N–H and O–H groups in total. The van der Waals surface area contributed by atoms with Crippen molar-refractivity contribution in [1.29, 1.82) is 0 Å². The van der Waals surface area contributed by atoms with Crippen molar-refractivity contribution in [3.8, 4) is 0 Å². The van der Waals surface area contributed by atoms with Crippen LogP contribution in [0.5, 0.6) is 0 Å². The van der Waals surface area contributed by atoms with E-state index in [9.17, 15) is 9.59 Å². The fourth-order valence-corrected chi connectivity index (χ4v) is 3.15. The van der Waals surface area contributed by atoms with Gasteiger partial charge in [0.2, 0.25) is 0 Å². The number of rotatable bonds is 5. The molecule has 1 heterocycles. The molecule has 28 heavy (non-hydrogen) atoms. The third kappa shape index (κ3) is 5.43. The van der Waals surface area contributed by atoms with Crippen LogP contribution in [0.1, 0.15) is 35.7 Å². The van der Waals surface area contributed by atoms with Gasteiger partial charge >= 0.3 is 0 Å². The first kappa shape index (κ1) is 19.6. The van der Waals surface area contributed by atoms with Gasteiger partial charge in [-0.1, -0.05) is 67.6 Å². The summed E-state index contributed by atoms with van der Waals surface area (Å²) in [7, 11) is 0. The van der Waals surface area contributed by atoms with Crippen LogP contribution in [0.25, 0.3) is 6.08 Å². The van der Waals surface area contributed by atoms with E-state index >= 15 is 0 Å². The monoisotopic (exact) mass is 374 g/mol. The zero-order valence-corrected chi connectivity index (χ0v) is 16.2. The molecule has 0 radical (unpaired) electrons. The van der Waals surface area contributed by atoms with E-state index in [-0.39, 0.29) is 11.8 Å². The van der Waals surface area contributed by atoms with Crippen LogP contribution in [-0.2, 0) is 4.79 Å². The first-order valence-corrected chi connectivity index (χ1v) is 9.72. The van der Waals surface area contributed by atoms with Crippen LogP contribution in [0, 0.1) is 5.92 Å². The molecule has 0 bridgehead atoms. The Balaban J connectivity index is 1.78. The zero-order valence-electron chi connectivity index (χ0n) is 16.2. The fraction of sp³-hybridized carbons (Fsp3) is 0.250. The Hall–Kier alpha value is -3.14. The highest BCUT2D eigenvalue weighted by molar-refractivity contribution is 6.03. The van der Waals surface area contributed by atoms with E-state index in [0.717, 1.165) is 31.5 Å². The maximum absolute atomic E-state index is 13.0. The Kier molecular flexibility index (Phi) is 6.79. The van der Waals surface area contributed by atoms with E-state index < -0.39 is 0 Å². The molecular formula is C24H26N2O2. The van der Waals surface area contributed by atoms with Crippen molar-refractivity contribution in [2.75, 3.05) is 13.1 Å². The van der Waals surface area contributed by atoms with E-state index in [1.54, 1.807) is 36.4 Å². The molecule has 0 atom stereocenters. The minimum Gasteiger partial charge on any atom is -0.337 e. The summed E-state index contributed by atoms with van der Waals surface area (Å²) in [6.07, 6.45) is 7.39. The molecule has 2 amide bonds.